The fraction of sp³-hybridized carbons (Fsp3) is 0.455. The van der Waals surface area contributed by atoms with Crippen molar-refractivity contribution >= 4 is 35.1 Å². The zero-order chi connectivity index (χ0) is 22.7. The Kier molecular flexibility index (Phi) is 7.12. The molecule has 2 N–H and O–H groups in total. The van der Waals surface area contributed by atoms with Gasteiger partial charge in [0.1, 0.15) is 5.82 Å². The summed E-state index contributed by atoms with van der Waals surface area (Å²) in [7, 11) is 1.32. The molecular formula is C22H27ClN4O4. The number of aromatic nitrogens is 2. The van der Waals surface area contributed by atoms with Gasteiger partial charge in [0.05, 0.1) is 35.3 Å². The third kappa shape index (κ3) is 4.97. The summed E-state index contributed by atoms with van der Waals surface area (Å²) in [4.78, 5) is 47.1. The summed E-state index contributed by atoms with van der Waals surface area (Å²) in [5.41, 5.74) is 1.99. The summed E-state index contributed by atoms with van der Waals surface area (Å²) in [6.45, 7) is 6.50. The number of piperidine rings is 1. The monoisotopic (exact) mass is 446 g/mol. The van der Waals surface area contributed by atoms with Crippen molar-refractivity contribution in [3.05, 3.63) is 45.9 Å². The second-order valence-corrected chi connectivity index (χ2v) is 8.28. The van der Waals surface area contributed by atoms with Crippen LogP contribution in [0.25, 0.3) is 0 Å². The molecule has 31 heavy (non-hydrogen) atoms. The molecule has 1 aliphatic rings. The van der Waals surface area contributed by atoms with Crippen LogP contribution in [0.5, 0.6) is 0 Å². The molecule has 0 bridgehead atoms. The molecule has 1 aliphatic heterocycles. The Morgan fingerprint density at radius 2 is 2.06 bits per heavy atom. The zero-order valence-electron chi connectivity index (χ0n) is 18.1. The van der Waals surface area contributed by atoms with Gasteiger partial charge in [-0.1, -0.05) is 11.6 Å². The lowest BCUT2D eigenvalue weighted by Crippen LogP contribution is -2.47. The number of esters is 1. The lowest BCUT2D eigenvalue weighted by Gasteiger charge is -2.35. The van der Waals surface area contributed by atoms with Gasteiger partial charge in [0.25, 0.3) is 0 Å². The Bertz CT molecular complexity index is 986. The highest BCUT2D eigenvalue weighted by Crippen LogP contribution is 2.25. The molecule has 2 unspecified atom stereocenters. The minimum atomic E-state index is -0.469. The number of likely N-dealkylation sites (tertiary alicyclic amines) is 1. The molecule has 0 spiro atoms. The summed E-state index contributed by atoms with van der Waals surface area (Å²) < 4.78 is 4.83. The average molecular weight is 447 g/mol. The number of hydrogen-bond acceptors (Lipinski definition) is 6. The van der Waals surface area contributed by atoms with Gasteiger partial charge in [-0.05, 0) is 57.9 Å². The SMILES string of the molecule is COC(=O)c1c(C)[nH]c(C(=O)C(C)N2CCCC(C(=O)Nc3ccc(Cl)cn3)C2)c1C. The van der Waals surface area contributed by atoms with E-state index >= 15 is 0 Å². The van der Waals surface area contributed by atoms with E-state index in [1.807, 2.05) is 11.8 Å². The third-order valence-corrected chi connectivity index (χ3v) is 6.03. The molecule has 9 heteroatoms. The predicted octanol–water partition coefficient (Wildman–Crippen LogP) is 3.39. The highest BCUT2D eigenvalue weighted by molar-refractivity contribution is 6.30. The van der Waals surface area contributed by atoms with Crippen molar-refractivity contribution in [3.63, 3.8) is 0 Å². The highest BCUT2D eigenvalue weighted by Gasteiger charge is 2.33. The lowest BCUT2D eigenvalue weighted by atomic mass is 9.94. The van der Waals surface area contributed by atoms with Gasteiger partial charge in [-0.25, -0.2) is 9.78 Å². The van der Waals surface area contributed by atoms with E-state index in [4.69, 9.17) is 16.3 Å². The lowest BCUT2D eigenvalue weighted by molar-refractivity contribution is -0.121. The number of nitrogens with zero attached hydrogens (tertiary/aromatic N) is 2. The van der Waals surface area contributed by atoms with E-state index in [9.17, 15) is 14.4 Å². The number of carbonyl (C=O) groups excluding carboxylic acids is 3. The van der Waals surface area contributed by atoms with Crippen molar-refractivity contribution in [2.45, 2.75) is 39.7 Å². The van der Waals surface area contributed by atoms with Crippen molar-refractivity contribution in [3.8, 4) is 0 Å². The highest BCUT2D eigenvalue weighted by atomic mass is 35.5. The van der Waals surface area contributed by atoms with Crippen molar-refractivity contribution in [2.24, 2.45) is 5.92 Å². The van der Waals surface area contributed by atoms with Crippen LogP contribution in [0.1, 0.15) is 51.9 Å². The molecule has 0 aliphatic carbocycles. The Labute approximate surface area is 186 Å². The Hall–Kier alpha value is -2.71. The van der Waals surface area contributed by atoms with Crippen LogP contribution in [0.15, 0.2) is 18.3 Å². The first-order chi connectivity index (χ1) is 14.7. The van der Waals surface area contributed by atoms with E-state index in [0.29, 0.717) is 39.9 Å². The van der Waals surface area contributed by atoms with Crippen LogP contribution in [0.2, 0.25) is 5.02 Å². The van der Waals surface area contributed by atoms with Gasteiger partial charge in [-0.3, -0.25) is 14.5 Å². The number of halogens is 1. The molecular weight excluding hydrogens is 420 g/mol. The smallest absolute Gasteiger partial charge is 0.339 e. The Morgan fingerprint density at radius 1 is 1.32 bits per heavy atom. The van der Waals surface area contributed by atoms with Crippen molar-refractivity contribution in [1.82, 2.24) is 14.9 Å². The predicted molar refractivity (Wildman–Crippen MR) is 118 cm³/mol. The molecule has 0 saturated carbocycles. The summed E-state index contributed by atoms with van der Waals surface area (Å²) in [5.74, 6) is -0.513. The molecule has 0 aromatic carbocycles. The van der Waals surface area contributed by atoms with Crippen molar-refractivity contribution < 1.29 is 19.1 Å². The molecule has 0 radical (unpaired) electrons. The van der Waals surface area contributed by atoms with E-state index in [1.54, 1.807) is 26.0 Å². The maximum atomic E-state index is 13.2. The number of amides is 1. The molecule has 3 rings (SSSR count). The number of anilines is 1. The van der Waals surface area contributed by atoms with Gasteiger partial charge < -0.3 is 15.0 Å². The number of methoxy groups -OCH3 is 1. The van der Waals surface area contributed by atoms with Crippen LogP contribution < -0.4 is 5.32 Å². The second kappa shape index (κ2) is 9.62. The number of hydrogen-bond donors (Lipinski definition) is 2. The largest absolute Gasteiger partial charge is 0.465 e. The summed E-state index contributed by atoms with van der Waals surface area (Å²) in [5, 5.41) is 3.32. The average Bonchev–Trinajstić information content (AvgIpc) is 3.07. The number of Topliss-reactive ketones (excluding diaryl/α,β-unsaturated/α-hetero) is 1. The first kappa shape index (κ1) is 23.0. The molecule has 166 valence electrons. The molecule has 1 amide bonds. The van der Waals surface area contributed by atoms with Crippen LogP contribution in [0.3, 0.4) is 0 Å². The number of nitrogens with one attached hydrogen (secondary N) is 2. The molecule has 8 nitrogen and oxygen atoms in total. The Balaban J connectivity index is 1.69. The van der Waals surface area contributed by atoms with Crippen molar-refractivity contribution in [2.75, 3.05) is 25.5 Å². The molecule has 2 aromatic heterocycles. The Morgan fingerprint density at radius 3 is 2.71 bits per heavy atom. The first-order valence-electron chi connectivity index (χ1n) is 10.2. The van der Waals surface area contributed by atoms with Gasteiger partial charge in [0.15, 0.2) is 5.78 Å². The van der Waals surface area contributed by atoms with Gasteiger partial charge in [0.2, 0.25) is 5.91 Å². The topological polar surface area (TPSA) is 104 Å². The zero-order valence-corrected chi connectivity index (χ0v) is 18.9. The molecule has 1 fully saturated rings. The number of carbonyl (C=O) groups is 3. The van der Waals surface area contributed by atoms with Gasteiger partial charge in [0, 0.05) is 18.4 Å². The number of H-pyrrole nitrogens is 1. The minimum absolute atomic E-state index is 0.115. The number of pyridine rings is 1. The summed E-state index contributed by atoms with van der Waals surface area (Å²) in [6.07, 6.45) is 3.03. The number of ether oxygens (including phenoxy) is 1. The molecule has 2 aromatic rings. The summed E-state index contributed by atoms with van der Waals surface area (Å²) in [6, 6.07) is 2.88. The second-order valence-electron chi connectivity index (χ2n) is 7.84. The van der Waals surface area contributed by atoms with Gasteiger partial charge in [-0.15, -0.1) is 0 Å². The fourth-order valence-corrected chi connectivity index (χ4v) is 4.14. The number of rotatable bonds is 6. The maximum absolute atomic E-state index is 13.2. The van der Waals surface area contributed by atoms with E-state index in [2.05, 4.69) is 15.3 Å². The van der Waals surface area contributed by atoms with Gasteiger partial charge in [-0.2, -0.15) is 0 Å². The molecule has 1 saturated heterocycles. The van der Waals surface area contributed by atoms with Gasteiger partial charge >= 0.3 is 5.97 Å². The van der Waals surface area contributed by atoms with Crippen LogP contribution >= 0.6 is 11.6 Å². The molecule has 2 atom stereocenters. The fourth-order valence-electron chi connectivity index (χ4n) is 4.03. The van der Waals surface area contributed by atoms with Crippen LogP contribution in [-0.4, -0.2) is 58.8 Å². The van der Waals surface area contributed by atoms with Crippen molar-refractivity contribution in [1.29, 1.82) is 0 Å². The minimum Gasteiger partial charge on any atom is -0.465 e. The summed E-state index contributed by atoms with van der Waals surface area (Å²) >= 11 is 5.84. The van der Waals surface area contributed by atoms with E-state index < -0.39 is 12.0 Å². The normalized spacial score (nSPS) is 17.8. The van der Waals surface area contributed by atoms with Crippen LogP contribution in [0.4, 0.5) is 5.82 Å². The van der Waals surface area contributed by atoms with E-state index in [-0.39, 0.29) is 17.6 Å². The van der Waals surface area contributed by atoms with Crippen LogP contribution in [0, 0.1) is 19.8 Å². The third-order valence-electron chi connectivity index (χ3n) is 5.80. The number of aromatic amines is 1. The molecule has 3 heterocycles. The van der Waals surface area contributed by atoms with E-state index in [1.165, 1.54) is 13.3 Å². The first-order valence-corrected chi connectivity index (χ1v) is 10.6. The van der Waals surface area contributed by atoms with Crippen LogP contribution in [-0.2, 0) is 9.53 Å². The van der Waals surface area contributed by atoms with E-state index in [0.717, 1.165) is 19.4 Å². The maximum Gasteiger partial charge on any atom is 0.339 e. The number of ketones is 1. The standard InChI is InChI=1S/C22H27ClN4O4/c1-12-18(22(30)31-4)13(2)25-19(12)20(28)14(3)27-9-5-6-15(11-27)21(29)26-17-8-7-16(23)10-24-17/h7-8,10,14-15,25H,5-6,9,11H2,1-4H3,(H,24,26,29). The number of aryl methyl sites for hydroxylation is 1. The quantitative estimate of drug-likeness (QED) is 0.520.